The Balaban J connectivity index is 1.86. The van der Waals surface area contributed by atoms with Crippen molar-refractivity contribution in [2.24, 2.45) is 23.2 Å². The van der Waals surface area contributed by atoms with Crippen molar-refractivity contribution in [3.63, 3.8) is 0 Å². The topological polar surface area (TPSA) is 60.4 Å². The molecule has 0 unspecified atom stereocenters. The SMILES string of the molecule is C=C1CC(=O)CC(=O)CC[C@@H]2[C@@H]1CC[C@]1(C)[C@@H](OC(C)=O)CC[C@@H]21. The second kappa shape index (κ2) is 6.45. The van der Waals surface area contributed by atoms with Gasteiger partial charge in [-0.15, -0.1) is 0 Å². The van der Waals surface area contributed by atoms with E-state index in [4.69, 9.17) is 4.74 Å². The molecule has 4 heteroatoms. The predicted molar refractivity (Wildman–Crippen MR) is 90.2 cm³/mol. The molecule has 0 spiro atoms. The Hall–Kier alpha value is -1.45. The largest absolute Gasteiger partial charge is 0.462 e. The fourth-order valence-electron chi connectivity index (χ4n) is 5.63. The van der Waals surface area contributed by atoms with Crippen molar-refractivity contribution in [3.8, 4) is 0 Å². The first kappa shape index (κ1) is 17.4. The molecule has 0 bridgehead atoms. The molecule has 0 aliphatic heterocycles. The first-order valence-electron chi connectivity index (χ1n) is 9.19. The maximum atomic E-state index is 12.0. The van der Waals surface area contributed by atoms with Gasteiger partial charge in [-0.3, -0.25) is 14.4 Å². The number of hydrogen-bond acceptors (Lipinski definition) is 4. The second-order valence-electron chi connectivity index (χ2n) is 8.22. The molecule has 0 aromatic rings. The van der Waals surface area contributed by atoms with Crippen molar-refractivity contribution in [1.29, 1.82) is 0 Å². The number of Topliss-reactive ketones (excluding diaryl/α,β-unsaturated/α-hetero) is 2. The highest BCUT2D eigenvalue weighted by Gasteiger charge is 2.55. The third-order valence-corrected chi connectivity index (χ3v) is 6.76. The Morgan fingerprint density at radius 1 is 1.12 bits per heavy atom. The number of allylic oxidation sites excluding steroid dienone is 1. The predicted octanol–water partition coefficient (Wildman–Crippen LogP) is 3.63. The zero-order valence-electron chi connectivity index (χ0n) is 14.8. The van der Waals surface area contributed by atoms with Gasteiger partial charge in [0, 0.05) is 25.2 Å². The zero-order valence-corrected chi connectivity index (χ0v) is 14.8. The average Bonchev–Trinajstić information content (AvgIpc) is 2.81. The van der Waals surface area contributed by atoms with E-state index in [0.29, 0.717) is 30.6 Å². The van der Waals surface area contributed by atoms with E-state index in [9.17, 15) is 14.4 Å². The van der Waals surface area contributed by atoms with Crippen LogP contribution in [0.4, 0.5) is 0 Å². The summed E-state index contributed by atoms with van der Waals surface area (Å²) >= 11 is 0. The Kier molecular flexibility index (Phi) is 4.67. The third kappa shape index (κ3) is 3.07. The molecule has 3 aliphatic carbocycles. The van der Waals surface area contributed by atoms with E-state index in [1.165, 1.54) is 6.92 Å². The van der Waals surface area contributed by atoms with E-state index < -0.39 is 0 Å². The molecule has 24 heavy (non-hydrogen) atoms. The highest BCUT2D eigenvalue weighted by Crippen LogP contribution is 2.59. The molecule has 0 amide bonds. The van der Waals surface area contributed by atoms with Crippen molar-refractivity contribution in [2.45, 2.75) is 71.3 Å². The molecule has 0 heterocycles. The van der Waals surface area contributed by atoms with Crippen LogP contribution in [0.2, 0.25) is 0 Å². The summed E-state index contributed by atoms with van der Waals surface area (Å²) in [5.41, 5.74) is 1.01. The van der Waals surface area contributed by atoms with Gasteiger partial charge in [-0.1, -0.05) is 19.1 Å². The third-order valence-electron chi connectivity index (χ3n) is 6.76. The summed E-state index contributed by atoms with van der Waals surface area (Å²) in [6, 6.07) is 0. The van der Waals surface area contributed by atoms with Crippen molar-refractivity contribution < 1.29 is 19.1 Å². The van der Waals surface area contributed by atoms with Crippen LogP contribution in [0, 0.1) is 23.2 Å². The minimum Gasteiger partial charge on any atom is -0.462 e. The van der Waals surface area contributed by atoms with Gasteiger partial charge in [0.1, 0.15) is 17.7 Å². The zero-order chi connectivity index (χ0) is 17.5. The van der Waals surface area contributed by atoms with Gasteiger partial charge in [-0.25, -0.2) is 0 Å². The van der Waals surface area contributed by atoms with E-state index in [0.717, 1.165) is 37.7 Å². The molecule has 0 saturated heterocycles. The van der Waals surface area contributed by atoms with Crippen molar-refractivity contribution in [1.82, 2.24) is 0 Å². The number of esters is 1. The fourth-order valence-corrected chi connectivity index (χ4v) is 5.63. The monoisotopic (exact) mass is 332 g/mol. The molecule has 0 aromatic carbocycles. The summed E-state index contributed by atoms with van der Waals surface area (Å²) in [5.74, 6) is 1.03. The van der Waals surface area contributed by atoms with Crippen molar-refractivity contribution in [2.75, 3.05) is 0 Å². The number of rotatable bonds is 1. The van der Waals surface area contributed by atoms with Crippen LogP contribution in [0.15, 0.2) is 12.2 Å². The Morgan fingerprint density at radius 3 is 2.58 bits per heavy atom. The molecule has 3 saturated carbocycles. The second-order valence-corrected chi connectivity index (χ2v) is 8.22. The van der Waals surface area contributed by atoms with Gasteiger partial charge in [0.25, 0.3) is 0 Å². The average molecular weight is 332 g/mol. The maximum absolute atomic E-state index is 12.0. The molecule has 132 valence electrons. The highest BCUT2D eigenvalue weighted by molar-refractivity contribution is 6.00. The molecule has 3 rings (SSSR count). The number of ketones is 2. The van der Waals surface area contributed by atoms with Gasteiger partial charge in [0.15, 0.2) is 0 Å². The number of carbonyl (C=O) groups excluding carboxylic acids is 3. The standard InChI is InChI=1S/C20H28O4/c1-12-10-15(23)11-14(22)4-5-17-16(12)8-9-20(3)18(17)6-7-19(20)24-13(2)21/h16-19H,1,4-11H2,2-3H3/t16-,17-,18+,19+,20+/m1/s1. The van der Waals surface area contributed by atoms with Crippen LogP contribution in [-0.2, 0) is 19.1 Å². The van der Waals surface area contributed by atoms with Crippen molar-refractivity contribution in [3.05, 3.63) is 12.2 Å². The van der Waals surface area contributed by atoms with Crippen LogP contribution >= 0.6 is 0 Å². The molecule has 0 N–H and O–H groups in total. The molecular weight excluding hydrogens is 304 g/mol. The van der Waals surface area contributed by atoms with Gasteiger partial charge in [-0.05, 0) is 49.9 Å². The van der Waals surface area contributed by atoms with E-state index in [1.807, 2.05) is 0 Å². The minimum atomic E-state index is -0.205. The van der Waals surface area contributed by atoms with Crippen LogP contribution < -0.4 is 0 Å². The Labute approximate surface area is 144 Å². The molecule has 0 radical (unpaired) electrons. The van der Waals surface area contributed by atoms with Gasteiger partial charge in [-0.2, -0.15) is 0 Å². The fraction of sp³-hybridized carbons (Fsp3) is 0.750. The first-order chi connectivity index (χ1) is 11.3. The van der Waals surface area contributed by atoms with Crippen LogP contribution in [-0.4, -0.2) is 23.6 Å². The number of ether oxygens (including phenoxy) is 1. The summed E-state index contributed by atoms with van der Waals surface area (Å²) < 4.78 is 5.63. The molecule has 3 fully saturated rings. The van der Waals surface area contributed by atoms with E-state index in [-0.39, 0.29) is 35.5 Å². The number of fused-ring (bicyclic) bond motifs is 3. The quantitative estimate of drug-likeness (QED) is 0.418. The lowest BCUT2D eigenvalue weighted by atomic mass is 9.57. The maximum Gasteiger partial charge on any atom is 0.302 e. The van der Waals surface area contributed by atoms with Gasteiger partial charge in [0.2, 0.25) is 0 Å². The van der Waals surface area contributed by atoms with Gasteiger partial charge in [0.05, 0.1) is 6.42 Å². The van der Waals surface area contributed by atoms with Crippen LogP contribution in [0.1, 0.15) is 65.2 Å². The summed E-state index contributed by atoms with van der Waals surface area (Å²) in [5, 5.41) is 0. The van der Waals surface area contributed by atoms with E-state index in [2.05, 4.69) is 13.5 Å². The van der Waals surface area contributed by atoms with E-state index in [1.54, 1.807) is 0 Å². The molecule has 4 nitrogen and oxygen atoms in total. The van der Waals surface area contributed by atoms with Crippen LogP contribution in [0.3, 0.4) is 0 Å². The van der Waals surface area contributed by atoms with Gasteiger partial charge >= 0.3 is 5.97 Å². The lowest BCUT2D eigenvalue weighted by Crippen LogP contribution is -2.45. The Morgan fingerprint density at radius 2 is 1.88 bits per heavy atom. The summed E-state index contributed by atoms with van der Waals surface area (Å²) in [6.07, 6.45) is 5.65. The minimum absolute atomic E-state index is 0.00573. The molecule has 5 atom stereocenters. The highest BCUT2D eigenvalue weighted by atomic mass is 16.5. The summed E-state index contributed by atoms with van der Waals surface area (Å²) in [4.78, 5) is 35.5. The van der Waals surface area contributed by atoms with Crippen LogP contribution in [0.25, 0.3) is 0 Å². The number of carbonyl (C=O) groups is 3. The number of hydrogen-bond donors (Lipinski definition) is 0. The Bertz CT molecular complexity index is 578. The molecule has 0 aromatic heterocycles. The van der Waals surface area contributed by atoms with Gasteiger partial charge < -0.3 is 4.74 Å². The van der Waals surface area contributed by atoms with Crippen molar-refractivity contribution >= 4 is 17.5 Å². The lowest BCUT2D eigenvalue weighted by Gasteiger charge is -2.48. The molecule has 3 aliphatic rings. The molecular formula is C20H28O4. The first-order valence-corrected chi connectivity index (χ1v) is 9.19. The normalized spacial score (nSPS) is 40.2. The lowest BCUT2D eigenvalue weighted by molar-refractivity contribution is -0.155. The van der Waals surface area contributed by atoms with Crippen LogP contribution in [0.5, 0.6) is 0 Å². The summed E-state index contributed by atoms with van der Waals surface area (Å²) in [7, 11) is 0. The van der Waals surface area contributed by atoms with E-state index >= 15 is 0 Å². The summed E-state index contributed by atoms with van der Waals surface area (Å²) in [6.45, 7) is 7.93. The smallest absolute Gasteiger partial charge is 0.302 e.